The van der Waals surface area contributed by atoms with Gasteiger partial charge in [-0.1, -0.05) is 48.5 Å². The van der Waals surface area contributed by atoms with Crippen LogP contribution < -0.4 is 10.6 Å². The van der Waals surface area contributed by atoms with Crippen molar-refractivity contribution in [3.8, 4) is 0 Å². The number of fused-ring (bicyclic) bond motifs is 1. The zero-order chi connectivity index (χ0) is 20.8. The van der Waals surface area contributed by atoms with Crippen LogP contribution in [0.1, 0.15) is 34.0 Å². The smallest absolute Gasteiger partial charge is 0.286 e. The number of amides is 2. The topological polar surface area (TPSA) is 87.1 Å². The summed E-state index contributed by atoms with van der Waals surface area (Å²) in [6, 6.07) is 21.5. The fraction of sp³-hybridized carbons (Fsp3) is 0.167. The molecule has 0 aliphatic heterocycles. The van der Waals surface area contributed by atoms with Crippen molar-refractivity contribution in [3.63, 3.8) is 0 Å². The van der Waals surface area contributed by atoms with E-state index in [1.807, 2.05) is 42.6 Å². The lowest BCUT2D eigenvalue weighted by molar-refractivity contribution is -0.120. The molecule has 1 atom stereocenters. The Labute approximate surface area is 174 Å². The number of furan rings is 1. The maximum atomic E-state index is 12.4. The molecule has 6 heteroatoms. The molecule has 0 saturated carbocycles. The zero-order valence-corrected chi connectivity index (χ0v) is 16.4. The normalized spacial score (nSPS) is 11.9. The molecule has 2 aromatic heterocycles. The van der Waals surface area contributed by atoms with E-state index in [0.717, 1.165) is 22.0 Å². The summed E-state index contributed by atoms with van der Waals surface area (Å²) in [4.78, 5) is 27.6. The van der Waals surface area contributed by atoms with Crippen LogP contribution in [0.4, 0.5) is 0 Å². The monoisotopic (exact) mass is 401 g/mol. The van der Waals surface area contributed by atoms with Crippen molar-refractivity contribution < 1.29 is 14.0 Å². The van der Waals surface area contributed by atoms with Crippen LogP contribution in [0.3, 0.4) is 0 Å². The highest BCUT2D eigenvalue weighted by atomic mass is 16.3. The van der Waals surface area contributed by atoms with Gasteiger partial charge in [0.1, 0.15) is 0 Å². The van der Waals surface area contributed by atoms with Crippen LogP contribution in [0, 0.1) is 0 Å². The van der Waals surface area contributed by atoms with E-state index < -0.39 is 0 Å². The molecule has 0 unspecified atom stereocenters. The lowest BCUT2D eigenvalue weighted by Gasteiger charge is -2.18. The lowest BCUT2D eigenvalue weighted by Crippen LogP contribution is -2.33. The standard InChI is InChI=1S/C24H23N3O3/c28-23(12-13-25-24(29)22-11-6-14-30-22)27-15-19(17-7-2-1-3-8-17)20-16-26-21-10-5-4-9-18(20)21/h1-11,14,16,19,26H,12-13,15H2,(H,25,29)(H,27,28)/t19-/m1/s1. The maximum absolute atomic E-state index is 12.4. The molecular weight excluding hydrogens is 378 g/mol. The van der Waals surface area contributed by atoms with Crippen molar-refractivity contribution in [3.05, 3.63) is 96.1 Å². The first-order valence-corrected chi connectivity index (χ1v) is 9.92. The number of para-hydroxylation sites is 1. The number of rotatable bonds is 8. The van der Waals surface area contributed by atoms with Gasteiger partial charge in [0.2, 0.25) is 5.91 Å². The minimum Gasteiger partial charge on any atom is -0.459 e. The van der Waals surface area contributed by atoms with E-state index in [1.165, 1.54) is 6.26 Å². The van der Waals surface area contributed by atoms with Crippen LogP contribution in [0.2, 0.25) is 0 Å². The molecule has 2 heterocycles. The fourth-order valence-electron chi connectivity index (χ4n) is 3.56. The van der Waals surface area contributed by atoms with Gasteiger partial charge in [0.15, 0.2) is 5.76 Å². The van der Waals surface area contributed by atoms with Crippen LogP contribution in [-0.2, 0) is 4.79 Å². The summed E-state index contributed by atoms with van der Waals surface area (Å²) < 4.78 is 5.04. The first-order chi connectivity index (χ1) is 14.7. The van der Waals surface area contributed by atoms with Gasteiger partial charge in [-0.05, 0) is 29.3 Å². The molecule has 0 fully saturated rings. The molecule has 2 aromatic carbocycles. The Morgan fingerprint density at radius 3 is 2.53 bits per heavy atom. The first-order valence-electron chi connectivity index (χ1n) is 9.92. The largest absolute Gasteiger partial charge is 0.459 e. The highest BCUT2D eigenvalue weighted by Gasteiger charge is 2.19. The molecule has 30 heavy (non-hydrogen) atoms. The molecular formula is C24H23N3O3. The third-order valence-corrected chi connectivity index (χ3v) is 5.08. The Kier molecular flexibility index (Phi) is 5.94. The van der Waals surface area contributed by atoms with Crippen molar-refractivity contribution >= 4 is 22.7 Å². The number of carbonyl (C=O) groups excluding carboxylic acids is 2. The predicted molar refractivity (Wildman–Crippen MR) is 115 cm³/mol. The number of benzene rings is 2. The summed E-state index contributed by atoms with van der Waals surface area (Å²) in [5, 5.41) is 6.85. The van der Waals surface area contributed by atoms with Gasteiger partial charge in [-0.2, -0.15) is 0 Å². The second-order valence-electron chi connectivity index (χ2n) is 7.04. The van der Waals surface area contributed by atoms with Crippen molar-refractivity contribution in [2.75, 3.05) is 13.1 Å². The van der Waals surface area contributed by atoms with Crippen molar-refractivity contribution in [1.82, 2.24) is 15.6 Å². The number of aromatic nitrogens is 1. The maximum Gasteiger partial charge on any atom is 0.286 e. The SMILES string of the molecule is O=C(CCNC(=O)c1ccco1)NC[C@H](c1ccccc1)c1c[nH]c2ccccc12. The summed E-state index contributed by atoms with van der Waals surface area (Å²) in [6.45, 7) is 0.714. The van der Waals surface area contributed by atoms with E-state index >= 15 is 0 Å². The predicted octanol–water partition coefficient (Wildman–Crippen LogP) is 3.83. The van der Waals surface area contributed by atoms with Crippen LogP contribution in [0.25, 0.3) is 10.9 Å². The molecule has 3 N–H and O–H groups in total. The minimum atomic E-state index is -0.325. The van der Waals surface area contributed by atoms with E-state index in [-0.39, 0.29) is 36.5 Å². The quantitative estimate of drug-likeness (QED) is 0.419. The van der Waals surface area contributed by atoms with Crippen molar-refractivity contribution in [2.45, 2.75) is 12.3 Å². The number of nitrogens with one attached hydrogen (secondary N) is 3. The Hall–Kier alpha value is -3.80. The Balaban J connectivity index is 1.40. The second-order valence-corrected chi connectivity index (χ2v) is 7.04. The van der Waals surface area contributed by atoms with Crippen LogP contribution in [0.15, 0.2) is 83.6 Å². The fourth-order valence-corrected chi connectivity index (χ4v) is 3.56. The third kappa shape index (κ3) is 4.43. The average molecular weight is 401 g/mol. The number of hydrogen-bond donors (Lipinski definition) is 3. The number of H-pyrrole nitrogens is 1. The van der Waals surface area contributed by atoms with Crippen LogP contribution in [-0.4, -0.2) is 29.9 Å². The Morgan fingerprint density at radius 2 is 1.73 bits per heavy atom. The zero-order valence-electron chi connectivity index (χ0n) is 16.4. The summed E-state index contributed by atoms with van der Waals surface area (Å²) in [7, 11) is 0. The summed E-state index contributed by atoms with van der Waals surface area (Å²) in [6.07, 6.45) is 3.65. The van der Waals surface area contributed by atoms with Gasteiger partial charge in [-0.15, -0.1) is 0 Å². The number of hydrogen-bond acceptors (Lipinski definition) is 3. The molecule has 0 spiro atoms. The van der Waals surface area contributed by atoms with E-state index in [2.05, 4.69) is 33.8 Å². The van der Waals surface area contributed by atoms with E-state index in [9.17, 15) is 9.59 Å². The molecule has 0 saturated heterocycles. The van der Waals surface area contributed by atoms with Gasteiger partial charge in [-0.25, -0.2) is 0 Å². The van der Waals surface area contributed by atoms with Crippen LogP contribution >= 0.6 is 0 Å². The first kappa shape index (κ1) is 19.5. The van der Waals surface area contributed by atoms with Crippen molar-refractivity contribution in [1.29, 1.82) is 0 Å². The summed E-state index contributed by atoms with van der Waals surface area (Å²) in [5.41, 5.74) is 3.34. The molecule has 2 amide bonds. The molecule has 4 aromatic rings. The van der Waals surface area contributed by atoms with Crippen molar-refractivity contribution in [2.24, 2.45) is 0 Å². The molecule has 152 valence electrons. The third-order valence-electron chi connectivity index (χ3n) is 5.08. The second kappa shape index (κ2) is 9.13. The van der Waals surface area contributed by atoms with Gasteiger partial charge >= 0.3 is 0 Å². The minimum absolute atomic E-state index is 0.0176. The van der Waals surface area contributed by atoms with Gasteiger partial charge in [0, 0.05) is 42.5 Å². The molecule has 4 rings (SSSR count). The lowest BCUT2D eigenvalue weighted by atomic mass is 9.91. The summed E-state index contributed by atoms with van der Waals surface area (Å²) in [5.74, 6) is -0.188. The molecule has 6 nitrogen and oxygen atoms in total. The highest BCUT2D eigenvalue weighted by Crippen LogP contribution is 2.30. The molecule has 0 aliphatic rings. The highest BCUT2D eigenvalue weighted by molar-refractivity contribution is 5.91. The van der Waals surface area contributed by atoms with E-state index in [4.69, 9.17) is 4.42 Å². The number of carbonyl (C=O) groups is 2. The Morgan fingerprint density at radius 1 is 0.933 bits per heavy atom. The molecule has 0 aliphatic carbocycles. The van der Waals surface area contributed by atoms with E-state index in [1.54, 1.807) is 12.1 Å². The Bertz CT molecular complexity index is 1120. The van der Waals surface area contributed by atoms with Gasteiger partial charge in [0.05, 0.1) is 6.26 Å². The van der Waals surface area contributed by atoms with Gasteiger partial charge in [-0.3, -0.25) is 9.59 Å². The average Bonchev–Trinajstić information content (AvgIpc) is 3.45. The van der Waals surface area contributed by atoms with Crippen LogP contribution in [0.5, 0.6) is 0 Å². The summed E-state index contributed by atoms with van der Waals surface area (Å²) >= 11 is 0. The molecule has 0 bridgehead atoms. The number of aromatic amines is 1. The van der Waals surface area contributed by atoms with E-state index in [0.29, 0.717) is 6.54 Å². The van der Waals surface area contributed by atoms with Gasteiger partial charge in [0.25, 0.3) is 5.91 Å². The molecule has 0 radical (unpaired) electrons. The van der Waals surface area contributed by atoms with Gasteiger partial charge < -0.3 is 20.0 Å².